The van der Waals surface area contributed by atoms with Crippen LogP contribution in [-0.4, -0.2) is 30.1 Å². The van der Waals surface area contributed by atoms with Crippen LogP contribution in [-0.2, 0) is 6.42 Å². The van der Waals surface area contributed by atoms with Gasteiger partial charge >= 0.3 is 0 Å². The first-order chi connectivity index (χ1) is 8.97. The SMILES string of the molecule is Cc1cc(C)c(-n2ccc(CCN(C)C)c2)c(C)c1. The number of nitrogens with zero attached hydrogens (tertiary/aromatic N) is 2. The summed E-state index contributed by atoms with van der Waals surface area (Å²) >= 11 is 0. The van der Waals surface area contributed by atoms with E-state index in [1.165, 1.54) is 27.9 Å². The topological polar surface area (TPSA) is 8.17 Å². The second-order valence-corrected chi connectivity index (χ2v) is 5.73. The molecule has 0 spiro atoms. The van der Waals surface area contributed by atoms with Gasteiger partial charge in [-0.25, -0.2) is 0 Å². The van der Waals surface area contributed by atoms with Gasteiger partial charge in [-0.05, 0) is 64.0 Å². The van der Waals surface area contributed by atoms with Gasteiger partial charge in [-0.2, -0.15) is 0 Å². The zero-order valence-electron chi connectivity index (χ0n) is 12.7. The third-order valence-electron chi connectivity index (χ3n) is 3.50. The van der Waals surface area contributed by atoms with Gasteiger partial charge in [-0.15, -0.1) is 0 Å². The average Bonchev–Trinajstić information content (AvgIpc) is 2.73. The molecule has 2 aromatic rings. The van der Waals surface area contributed by atoms with Crippen molar-refractivity contribution in [1.82, 2.24) is 9.47 Å². The molecule has 1 aromatic heterocycles. The van der Waals surface area contributed by atoms with Crippen molar-refractivity contribution in [2.45, 2.75) is 27.2 Å². The van der Waals surface area contributed by atoms with Crippen molar-refractivity contribution >= 4 is 0 Å². The van der Waals surface area contributed by atoms with Gasteiger partial charge in [0.25, 0.3) is 0 Å². The van der Waals surface area contributed by atoms with E-state index in [4.69, 9.17) is 0 Å². The van der Waals surface area contributed by atoms with Gasteiger partial charge in [0.15, 0.2) is 0 Å². The first-order valence-electron chi connectivity index (χ1n) is 6.87. The van der Waals surface area contributed by atoms with Crippen molar-refractivity contribution in [2.24, 2.45) is 0 Å². The normalized spacial score (nSPS) is 11.3. The molecule has 19 heavy (non-hydrogen) atoms. The van der Waals surface area contributed by atoms with Crippen LogP contribution in [0.4, 0.5) is 0 Å². The average molecular weight is 256 g/mol. The molecule has 0 bridgehead atoms. The van der Waals surface area contributed by atoms with Crippen LogP contribution >= 0.6 is 0 Å². The molecule has 2 heteroatoms. The lowest BCUT2D eigenvalue weighted by Crippen LogP contribution is -2.14. The molecule has 0 unspecified atom stereocenters. The summed E-state index contributed by atoms with van der Waals surface area (Å²) in [5.41, 5.74) is 6.73. The van der Waals surface area contributed by atoms with Crippen molar-refractivity contribution in [1.29, 1.82) is 0 Å². The fraction of sp³-hybridized carbons (Fsp3) is 0.412. The van der Waals surface area contributed by atoms with Crippen molar-refractivity contribution < 1.29 is 0 Å². The van der Waals surface area contributed by atoms with E-state index < -0.39 is 0 Å². The Hall–Kier alpha value is -1.54. The van der Waals surface area contributed by atoms with Crippen molar-refractivity contribution in [3.8, 4) is 5.69 Å². The molecule has 0 atom stereocenters. The molecule has 0 saturated heterocycles. The van der Waals surface area contributed by atoms with E-state index in [-0.39, 0.29) is 0 Å². The van der Waals surface area contributed by atoms with E-state index in [9.17, 15) is 0 Å². The van der Waals surface area contributed by atoms with E-state index in [0.717, 1.165) is 13.0 Å². The molecular weight excluding hydrogens is 232 g/mol. The largest absolute Gasteiger partial charge is 0.323 e. The molecule has 0 radical (unpaired) electrons. The summed E-state index contributed by atoms with van der Waals surface area (Å²) in [7, 11) is 4.23. The number of likely N-dealkylation sites (N-methyl/N-ethyl adjacent to an activating group) is 1. The zero-order valence-corrected chi connectivity index (χ0v) is 12.7. The van der Waals surface area contributed by atoms with Crippen LogP contribution in [0.15, 0.2) is 30.6 Å². The van der Waals surface area contributed by atoms with Crippen molar-refractivity contribution in [3.63, 3.8) is 0 Å². The molecule has 0 aliphatic rings. The molecule has 0 saturated carbocycles. The molecule has 102 valence electrons. The lowest BCUT2D eigenvalue weighted by atomic mass is 10.1. The van der Waals surface area contributed by atoms with Gasteiger partial charge in [-0.1, -0.05) is 17.7 Å². The quantitative estimate of drug-likeness (QED) is 0.812. The molecule has 0 aliphatic heterocycles. The molecule has 0 fully saturated rings. The number of rotatable bonds is 4. The molecule has 0 N–H and O–H groups in total. The molecule has 1 heterocycles. The minimum absolute atomic E-state index is 1.09. The minimum Gasteiger partial charge on any atom is -0.323 e. The van der Waals surface area contributed by atoms with E-state index in [0.29, 0.717) is 0 Å². The van der Waals surface area contributed by atoms with E-state index in [2.05, 4.69) is 74.9 Å². The summed E-state index contributed by atoms with van der Waals surface area (Å²) in [6.07, 6.45) is 5.54. The fourth-order valence-electron chi connectivity index (χ4n) is 2.66. The number of hydrogen-bond donors (Lipinski definition) is 0. The lowest BCUT2D eigenvalue weighted by Gasteiger charge is -2.12. The number of hydrogen-bond acceptors (Lipinski definition) is 1. The van der Waals surface area contributed by atoms with Crippen LogP contribution < -0.4 is 0 Å². The maximum atomic E-state index is 2.26. The minimum atomic E-state index is 1.09. The highest BCUT2D eigenvalue weighted by atomic mass is 15.0. The second-order valence-electron chi connectivity index (χ2n) is 5.73. The van der Waals surface area contributed by atoms with Crippen LogP contribution in [0.25, 0.3) is 5.69 Å². The number of aryl methyl sites for hydroxylation is 3. The summed E-state index contributed by atoms with van der Waals surface area (Å²) in [6.45, 7) is 7.63. The predicted molar refractivity (Wildman–Crippen MR) is 82.2 cm³/mol. The maximum Gasteiger partial charge on any atom is 0.0507 e. The Balaban J connectivity index is 2.28. The molecule has 0 aliphatic carbocycles. The number of aromatic nitrogens is 1. The standard InChI is InChI=1S/C17H24N2/c1-13-10-14(2)17(15(3)11-13)19-9-7-16(12-19)6-8-18(4)5/h7,9-12H,6,8H2,1-5H3. The third kappa shape index (κ3) is 3.27. The monoisotopic (exact) mass is 256 g/mol. The van der Waals surface area contributed by atoms with Gasteiger partial charge in [0, 0.05) is 18.9 Å². The Bertz CT molecular complexity index is 541. The van der Waals surface area contributed by atoms with Crippen LogP contribution in [0.1, 0.15) is 22.3 Å². The summed E-state index contributed by atoms with van der Waals surface area (Å²) < 4.78 is 2.26. The summed E-state index contributed by atoms with van der Waals surface area (Å²) in [5, 5.41) is 0. The highest BCUT2D eigenvalue weighted by molar-refractivity contribution is 5.49. The van der Waals surface area contributed by atoms with Crippen molar-refractivity contribution in [2.75, 3.05) is 20.6 Å². The highest BCUT2D eigenvalue weighted by Gasteiger charge is 2.07. The van der Waals surface area contributed by atoms with Gasteiger partial charge in [0.2, 0.25) is 0 Å². The first-order valence-corrected chi connectivity index (χ1v) is 6.87. The van der Waals surface area contributed by atoms with Crippen LogP contribution in [0, 0.1) is 20.8 Å². The van der Waals surface area contributed by atoms with E-state index in [1.54, 1.807) is 0 Å². The van der Waals surface area contributed by atoms with Crippen LogP contribution in [0.2, 0.25) is 0 Å². The molecule has 2 nitrogen and oxygen atoms in total. The Morgan fingerprint density at radius 3 is 2.26 bits per heavy atom. The van der Waals surface area contributed by atoms with Gasteiger partial charge in [0.05, 0.1) is 5.69 Å². The van der Waals surface area contributed by atoms with Gasteiger partial charge in [-0.3, -0.25) is 0 Å². The van der Waals surface area contributed by atoms with Gasteiger partial charge in [0.1, 0.15) is 0 Å². The zero-order chi connectivity index (χ0) is 14.0. The third-order valence-corrected chi connectivity index (χ3v) is 3.50. The number of benzene rings is 1. The fourth-order valence-corrected chi connectivity index (χ4v) is 2.66. The molecular formula is C17H24N2. The summed E-state index contributed by atoms with van der Waals surface area (Å²) in [4.78, 5) is 2.22. The van der Waals surface area contributed by atoms with Crippen LogP contribution in [0.3, 0.4) is 0 Å². The van der Waals surface area contributed by atoms with E-state index >= 15 is 0 Å². The molecule has 1 aromatic carbocycles. The Morgan fingerprint density at radius 2 is 1.68 bits per heavy atom. The Labute approximate surface area is 116 Å². The molecule has 0 amide bonds. The van der Waals surface area contributed by atoms with Gasteiger partial charge < -0.3 is 9.47 Å². The molecule has 2 rings (SSSR count). The first kappa shape index (κ1) is 13.9. The Morgan fingerprint density at radius 1 is 1.05 bits per heavy atom. The van der Waals surface area contributed by atoms with Crippen LogP contribution in [0.5, 0.6) is 0 Å². The smallest absolute Gasteiger partial charge is 0.0507 e. The Kier molecular flexibility index (Phi) is 4.11. The van der Waals surface area contributed by atoms with E-state index in [1.807, 2.05) is 0 Å². The summed E-state index contributed by atoms with van der Waals surface area (Å²) in [5.74, 6) is 0. The highest BCUT2D eigenvalue weighted by Crippen LogP contribution is 2.22. The summed E-state index contributed by atoms with van der Waals surface area (Å²) in [6, 6.07) is 6.73. The second kappa shape index (κ2) is 5.62. The van der Waals surface area contributed by atoms with Crippen molar-refractivity contribution in [3.05, 3.63) is 52.8 Å². The maximum absolute atomic E-state index is 2.26. The lowest BCUT2D eigenvalue weighted by molar-refractivity contribution is 0.413. The predicted octanol–water partition coefficient (Wildman–Crippen LogP) is 3.51.